The molecule has 0 heterocycles. The topological polar surface area (TPSA) is 23.8 Å². The number of halogens is 1. The van der Waals surface area contributed by atoms with Crippen molar-refractivity contribution in [3.05, 3.63) is 34.3 Å². The third-order valence-corrected chi connectivity index (χ3v) is 3.86. The van der Waals surface area contributed by atoms with Crippen LogP contribution in [0.4, 0.5) is 0 Å². The molecule has 0 bridgehead atoms. The predicted molar refractivity (Wildman–Crippen MR) is 64.4 cm³/mol. The van der Waals surface area contributed by atoms with E-state index in [2.05, 4.69) is 41.9 Å². The molecule has 0 saturated heterocycles. The number of hydrogen-bond acceptors (Lipinski definition) is 1. The summed E-state index contributed by atoms with van der Waals surface area (Å²) in [6, 6.07) is 10.6. The summed E-state index contributed by atoms with van der Waals surface area (Å²) >= 11 is 3.53. The van der Waals surface area contributed by atoms with E-state index < -0.39 is 0 Å². The van der Waals surface area contributed by atoms with E-state index in [4.69, 9.17) is 0 Å². The van der Waals surface area contributed by atoms with Gasteiger partial charge >= 0.3 is 0 Å². The second-order valence-electron chi connectivity index (χ2n) is 5.19. The SMILES string of the molecule is CC1(C)CC(C#N)(c2ccccc2Br)C1. The van der Waals surface area contributed by atoms with Gasteiger partial charge in [0.2, 0.25) is 0 Å². The fourth-order valence-electron chi connectivity index (χ4n) is 2.76. The Bertz CT molecular complexity index is 420. The van der Waals surface area contributed by atoms with E-state index in [0.717, 1.165) is 22.9 Å². The summed E-state index contributed by atoms with van der Waals surface area (Å²) in [7, 11) is 0. The van der Waals surface area contributed by atoms with E-state index in [-0.39, 0.29) is 5.41 Å². The van der Waals surface area contributed by atoms with E-state index in [0.29, 0.717) is 5.41 Å². The average Bonchev–Trinajstić information content (AvgIpc) is 2.14. The maximum absolute atomic E-state index is 9.38. The van der Waals surface area contributed by atoms with Gasteiger partial charge in [0.1, 0.15) is 0 Å². The first kappa shape index (κ1) is 10.7. The van der Waals surface area contributed by atoms with Crippen LogP contribution in [0.1, 0.15) is 32.3 Å². The Labute approximate surface area is 99.2 Å². The van der Waals surface area contributed by atoms with E-state index >= 15 is 0 Å². The van der Waals surface area contributed by atoms with Gasteiger partial charge in [-0.25, -0.2) is 0 Å². The summed E-state index contributed by atoms with van der Waals surface area (Å²) in [6.07, 6.45) is 1.91. The van der Waals surface area contributed by atoms with Crippen molar-refractivity contribution < 1.29 is 0 Å². The van der Waals surface area contributed by atoms with Gasteiger partial charge in [-0.2, -0.15) is 5.26 Å². The van der Waals surface area contributed by atoms with Gasteiger partial charge in [-0.1, -0.05) is 48.0 Å². The van der Waals surface area contributed by atoms with E-state index in [9.17, 15) is 5.26 Å². The number of nitrogens with zero attached hydrogens (tertiary/aromatic N) is 1. The quantitative estimate of drug-likeness (QED) is 0.751. The second kappa shape index (κ2) is 3.35. The molecule has 0 aliphatic heterocycles. The Kier molecular flexibility index (Phi) is 2.39. The van der Waals surface area contributed by atoms with Crippen LogP contribution in [0.5, 0.6) is 0 Å². The highest BCUT2D eigenvalue weighted by molar-refractivity contribution is 9.10. The van der Waals surface area contributed by atoms with Gasteiger partial charge < -0.3 is 0 Å². The molecule has 0 amide bonds. The zero-order chi connectivity index (χ0) is 11.1. The number of nitriles is 1. The molecule has 0 unspecified atom stereocenters. The molecule has 1 aromatic carbocycles. The van der Waals surface area contributed by atoms with Gasteiger partial charge in [-0.05, 0) is 29.9 Å². The van der Waals surface area contributed by atoms with Crippen molar-refractivity contribution in [3.63, 3.8) is 0 Å². The van der Waals surface area contributed by atoms with Gasteiger partial charge in [-0.3, -0.25) is 0 Å². The van der Waals surface area contributed by atoms with Crippen molar-refractivity contribution >= 4 is 15.9 Å². The predicted octanol–water partition coefficient (Wildman–Crippen LogP) is 4.03. The maximum atomic E-state index is 9.38. The lowest BCUT2D eigenvalue weighted by molar-refractivity contribution is 0.0994. The molecule has 0 aromatic heterocycles. The molecular weight excluding hydrogens is 250 g/mol. The molecule has 78 valence electrons. The van der Waals surface area contributed by atoms with Gasteiger partial charge in [0, 0.05) is 4.47 Å². The van der Waals surface area contributed by atoms with Crippen molar-refractivity contribution in [1.29, 1.82) is 5.26 Å². The monoisotopic (exact) mass is 263 g/mol. The number of rotatable bonds is 1. The minimum atomic E-state index is -0.260. The van der Waals surface area contributed by atoms with Crippen LogP contribution in [0, 0.1) is 16.7 Å². The second-order valence-corrected chi connectivity index (χ2v) is 6.05. The molecule has 0 N–H and O–H groups in total. The summed E-state index contributed by atoms with van der Waals surface area (Å²) in [6.45, 7) is 4.44. The first-order valence-electron chi connectivity index (χ1n) is 5.15. The zero-order valence-electron chi connectivity index (χ0n) is 9.05. The standard InChI is InChI=1S/C13H14BrN/c1-12(2)7-13(8-12,9-15)10-5-3-4-6-11(10)14/h3-6H,7-8H2,1-2H3. The molecule has 15 heavy (non-hydrogen) atoms. The van der Waals surface area contributed by atoms with Crippen LogP contribution in [0.15, 0.2) is 28.7 Å². The summed E-state index contributed by atoms with van der Waals surface area (Å²) < 4.78 is 1.06. The van der Waals surface area contributed by atoms with Crippen LogP contribution in [0.2, 0.25) is 0 Å². The van der Waals surface area contributed by atoms with Crippen LogP contribution in [-0.4, -0.2) is 0 Å². The molecule has 1 fully saturated rings. The Morgan fingerprint density at radius 3 is 2.33 bits per heavy atom. The fourth-order valence-corrected chi connectivity index (χ4v) is 3.43. The van der Waals surface area contributed by atoms with Crippen molar-refractivity contribution in [2.45, 2.75) is 32.1 Å². The van der Waals surface area contributed by atoms with Crippen molar-refractivity contribution in [2.75, 3.05) is 0 Å². The molecule has 1 nitrogen and oxygen atoms in total. The minimum Gasteiger partial charge on any atom is -0.197 e. The van der Waals surface area contributed by atoms with Crippen molar-refractivity contribution in [1.82, 2.24) is 0 Å². The molecule has 1 aromatic rings. The lowest BCUT2D eigenvalue weighted by Gasteiger charge is -2.49. The molecule has 1 aliphatic rings. The van der Waals surface area contributed by atoms with Gasteiger partial charge in [-0.15, -0.1) is 0 Å². The van der Waals surface area contributed by atoms with E-state index in [1.807, 2.05) is 18.2 Å². The highest BCUT2D eigenvalue weighted by atomic mass is 79.9. The highest BCUT2D eigenvalue weighted by Gasteiger charge is 2.51. The molecular formula is C13H14BrN. The van der Waals surface area contributed by atoms with Crippen molar-refractivity contribution in [2.24, 2.45) is 5.41 Å². The third kappa shape index (κ3) is 1.70. The lowest BCUT2D eigenvalue weighted by Crippen LogP contribution is -2.45. The van der Waals surface area contributed by atoms with Crippen LogP contribution in [0.3, 0.4) is 0 Å². The van der Waals surface area contributed by atoms with Crippen LogP contribution < -0.4 is 0 Å². The number of benzene rings is 1. The first-order chi connectivity index (χ1) is 6.99. The Hall–Kier alpha value is -0.810. The van der Waals surface area contributed by atoms with Crippen LogP contribution >= 0.6 is 15.9 Å². The molecule has 2 rings (SSSR count). The lowest BCUT2D eigenvalue weighted by atomic mass is 9.52. The molecule has 0 spiro atoms. The molecule has 0 radical (unpaired) electrons. The number of hydrogen-bond donors (Lipinski definition) is 0. The Balaban J connectivity index is 2.39. The largest absolute Gasteiger partial charge is 0.197 e. The van der Waals surface area contributed by atoms with Crippen LogP contribution in [0.25, 0.3) is 0 Å². The Morgan fingerprint density at radius 2 is 1.87 bits per heavy atom. The van der Waals surface area contributed by atoms with E-state index in [1.165, 1.54) is 0 Å². The van der Waals surface area contributed by atoms with Gasteiger partial charge in [0.15, 0.2) is 0 Å². The summed E-state index contributed by atoms with van der Waals surface area (Å²) in [5, 5.41) is 9.38. The molecule has 0 atom stereocenters. The summed E-state index contributed by atoms with van der Waals surface area (Å²) in [4.78, 5) is 0. The molecule has 2 heteroatoms. The zero-order valence-corrected chi connectivity index (χ0v) is 10.6. The normalized spacial score (nSPS) is 21.5. The average molecular weight is 264 g/mol. The third-order valence-electron chi connectivity index (χ3n) is 3.16. The van der Waals surface area contributed by atoms with Crippen LogP contribution in [-0.2, 0) is 5.41 Å². The molecule has 1 saturated carbocycles. The molecule has 1 aliphatic carbocycles. The smallest absolute Gasteiger partial charge is 0.0843 e. The van der Waals surface area contributed by atoms with Gasteiger partial charge in [0.05, 0.1) is 11.5 Å². The minimum absolute atomic E-state index is 0.260. The highest BCUT2D eigenvalue weighted by Crippen LogP contribution is 2.56. The van der Waals surface area contributed by atoms with Gasteiger partial charge in [0.25, 0.3) is 0 Å². The fraction of sp³-hybridized carbons (Fsp3) is 0.462. The summed E-state index contributed by atoms with van der Waals surface area (Å²) in [5.41, 5.74) is 1.20. The van der Waals surface area contributed by atoms with E-state index in [1.54, 1.807) is 0 Å². The van der Waals surface area contributed by atoms with Crippen molar-refractivity contribution in [3.8, 4) is 6.07 Å². The Morgan fingerprint density at radius 1 is 1.27 bits per heavy atom. The first-order valence-corrected chi connectivity index (χ1v) is 5.95. The maximum Gasteiger partial charge on any atom is 0.0843 e. The summed E-state index contributed by atoms with van der Waals surface area (Å²) in [5.74, 6) is 0.